The molecule has 2 aromatic rings. The van der Waals surface area contributed by atoms with E-state index in [1.165, 1.54) is 6.42 Å². The zero-order valence-corrected chi connectivity index (χ0v) is 14.6. The van der Waals surface area contributed by atoms with Crippen molar-refractivity contribution in [2.45, 2.75) is 32.7 Å². The molecule has 0 aliphatic carbocycles. The predicted octanol–water partition coefficient (Wildman–Crippen LogP) is 2.58. The van der Waals surface area contributed by atoms with Crippen molar-refractivity contribution in [3.8, 4) is 11.4 Å². The standard InChI is InChI=1S/C19H25N3O2/c1-13-11-18(19(23)21-12-15-5-4-10-20-15)14(2)22(13)16-6-8-17(24-3)9-7-16/h6-9,11,15,20H,4-5,10,12H2,1-3H3,(H,21,23). The van der Waals surface area contributed by atoms with Crippen LogP contribution in [0.25, 0.3) is 5.69 Å². The smallest absolute Gasteiger partial charge is 0.253 e. The van der Waals surface area contributed by atoms with Gasteiger partial charge in [-0.3, -0.25) is 4.79 Å². The van der Waals surface area contributed by atoms with Crippen molar-refractivity contribution in [2.24, 2.45) is 0 Å². The zero-order valence-electron chi connectivity index (χ0n) is 14.6. The average Bonchev–Trinajstić information content (AvgIpc) is 3.21. The van der Waals surface area contributed by atoms with Crippen molar-refractivity contribution in [3.63, 3.8) is 0 Å². The Morgan fingerprint density at radius 2 is 2.08 bits per heavy atom. The van der Waals surface area contributed by atoms with Crippen LogP contribution in [0, 0.1) is 13.8 Å². The van der Waals surface area contributed by atoms with Crippen LogP contribution in [0.2, 0.25) is 0 Å². The lowest BCUT2D eigenvalue weighted by Gasteiger charge is -2.12. The molecule has 1 aromatic carbocycles. The van der Waals surface area contributed by atoms with Crippen LogP contribution in [-0.4, -0.2) is 36.7 Å². The second kappa shape index (κ2) is 7.09. The predicted molar refractivity (Wildman–Crippen MR) is 95.2 cm³/mol. The molecule has 5 nitrogen and oxygen atoms in total. The highest BCUT2D eigenvalue weighted by Crippen LogP contribution is 2.22. The Kier molecular flexibility index (Phi) is 4.90. The number of hydrogen-bond acceptors (Lipinski definition) is 3. The second-order valence-corrected chi connectivity index (χ2v) is 6.32. The van der Waals surface area contributed by atoms with Crippen LogP contribution in [0.5, 0.6) is 5.75 Å². The van der Waals surface area contributed by atoms with Crippen molar-refractivity contribution in [1.29, 1.82) is 0 Å². The molecule has 1 amide bonds. The van der Waals surface area contributed by atoms with Crippen molar-refractivity contribution in [1.82, 2.24) is 15.2 Å². The summed E-state index contributed by atoms with van der Waals surface area (Å²) in [5.74, 6) is 0.819. The van der Waals surface area contributed by atoms with E-state index >= 15 is 0 Å². The molecule has 1 atom stereocenters. The fourth-order valence-corrected chi connectivity index (χ4v) is 3.36. The number of rotatable bonds is 5. The van der Waals surface area contributed by atoms with E-state index in [1.54, 1.807) is 7.11 Å². The van der Waals surface area contributed by atoms with E-state index in [9.17, 15) is 4.79 Å². The number of methoxy groups -OCH3 is 1. The summed E-state index contributed by atoms with van der Waals surface area (Å²) in [4.78, 5) is 12.5. The van der Waals surface area contributed by atoms with E-state index in [0.717, 1.165) is 41.4 Å². The molecule has 0 saturated carbocycles. The molecule has 0 bridgehead atoms. The maximum absolute atomic E-state index is 12.5. The van der Waals surface area contributed by atoms with Crippen molar-refractivity contribution >= 4 is 5.91 Å². The van der Waals surface area contributed by atoms with Gasteiger partial charge in [-0.15, -0.1) is 0 Å². The molecule has 0 spiro atoms. The highest BCUT2D eigenvalue weighted by atomic mass is 16.5. The van der Waals surface area contributed by atoms with Gasteiger partial charge in [-0.1, -0.05) is 0 Å². The molecule has 128 valence electrons. The lowest BCUT2D eigenvalue weighted by atomic mass is 10.2. The molecule has 2 heterocycles. The minimum atomic E-state index is -0.00318. The van der Waals surface area contributed by atoms with Crippen molar-refractivity contribution in [2.75, 3.05) is 20.2 Å². The number of aryl methyl sites for hydroxylation is 1. The first-order valence-electron chi connectivity index (χ1n) is 8.45. The SMILES string of the molecule is COc1ccc(-n2c(C)cc(C(=O)NCC3CCCN3)c2C)cc1. The molecule has 2 N–H and O–H groups in total. The number of amides is 1. The number of nitrogens with one attached hydrogen (secondary N) is 2. The lowest BCUT2D eigenvalue weighted by molar-refractivity contribution is 0.0949. The van der Waals surface area contributed by atoms with Gasteiger partial charge in [0.25, 0.3) is 5.91 Å². The van der Waals surface area contributed by atoms with Gasteiger partial charge in [-0.05, 0) is 63.6 Å². The number of carbonyl (C=O) groups is 1. The molecule has 5 heteroatoms. The molecule has 0 radical (unpaired) electrons. The number of benzene rings is 1. The summed E-state index contributed by atoms with van der Waals surface area (Å²) < 4.78 is 7.31. The highest BCUT2D eigenvalue weighted by molar-refractivity contribution is 5.96. The van der Waals surface area contributed by atoms with Gasteiger partial charge in [-0.25, -0.2) is 0 Å². The fourth-order valence-electron chi connectivity index (χ4n) is 3.36. The van der Waals surface area contributed by atoms with E-state index < -0.39 is 0 Å². The third kappa shape index (κ3) is 3.31. The summed E-state index contributed by atoms with van der Waals surface area (Å²) in [6.07, 6.45) is 2.32. The third-order valence-corrected chi connectivity index (χ3v) is 4.68. The maximum Gasteiger partial charge on any atom is 0.253 e. The van der Waals surface area contributed by atoms with Crippen molar-refractivity contribution < 1.29 is 9.53 Å². The summed E-state index contributed by atoms with van der Waals surface area (Å²) in [5, 5.41) is 6.46. The Bertz CT molecular complexity index is 713. The molecular formula is C19H25N3O2. The van der Waals surface area contributed by atoms with Gasteiger partial charge < -0.3 is 19.9 Å². The number of carbonyl (C=O) groups excluding carboxylic acids is 1. The van der Waals surface area contributed by atoms with Crippen LogP contribution >= 0.6 is 0 Å². The minimum absolute atomic E-state index is 0.00318. The van der Waals surface area contributed by atoms with E-state index in [4.69, 9.17) is 4.74 Å². The summed E-state index contributed by atoms with van der Waals surface area (Å²) in [6.45, 7) is 5.74. The van der Waals surface area contributed by atoms with Gasteiger partial charge in [0.1, 0.15) is 5.75 Å². The van der Waals surface area contributed by atoms with Crippen LogP contribution in [-0.2, 0) is 0 Å². The Labute approximate surface area is 143 Å². The van der Waals surface area contributed by atoms with Crippen LogP contribution in [0.3, 0.4) is 0 Å². The molecule has 3 rings (SSSR count). The minimum Gasteiger partial charge on any atom is -0.497 e. The van der Waals surface area contributed by atoms with Gasteiger partial charge in [0.05, 0.1) is 12.7 Å². The fraction of sp³-hybridized carbons (Fsp3) is 0.421. The molecule has 1 aliphatic heterocycles. The summed E-state index contributed by atoms with van der Waals surface area (Å²) in [6, 6.07) is 10.2. The van der Waals surface area contributed by atoms with E-state index in [1.807, 2.05) is 44.2 Å². The molecule has 1 fully saturated rings. The van der Waals surface area contributed by atoms with Crippen LogP contribution in [0.1, 0.15) is 34.6 Å². The van der Waals surface area contributed by atoms with E-state index in [-0.39, 0.29) is 5.91 Å². The van der Waals surface area contributed by atoms with Gasteiger partial charge in [0.2, 0.25) is 0 Å². The molecule has 1 aliphatic rings. The first kappa shape index (κ1) is 16.6. The first-order chi connectivity index (χ1) is 11.6. The van der Waals surface area contributed by atoms with E-state index in [0.29, 0.717) is 12.6 Å². The average molecular weight is 327 g/mol. The largest absolute Gasteiger partial charge is 0.497 e. The normalized spacial score (nSPS) is 17.0. The number of aromatic nitrogens is 1. The summed E-state index contributed by atoms with van der Waals surface area (Å²) in [7, 11) is 1.66. The number of nitrogens with zero attached hydrogens (tertiary/aromatic N) is 1. The van der Waals surface area contributed by atoms with Gasteiger partial charge in [0, 0.05) is 29.7 Å². The molecule has 1 aromatic heterocycles. The summed E-state index contributed by atoms with van der Waals surface area (Å²) in [5.41, 5.74) is 3.76. The Morgan fingerprint density at radius 3 is 2.71 bits per heavy atom. The first-order valence-corrected chi connectivity index (χ1v) is 8.45. The lowest BCUT2D eigenvalue weighted by Crippen LogP contribution is -2.37. The van der Waals surface area contributed by atoms with Crippen LogP contribution in [0.4, 0.5) is 0 Å². The van der Waals surface area contributed by atoms with Gasteiger partial charge in [-0.2, -0.15) is 0 Å². The van der Waals surface area contributed by atoms with Crippen LogP contribution < -0.4 is 15.4 Å². The highest BCUT2D eigenvalue weighted by Gasteiger charge is 2.19. The molecular weight excluding hydrogens is 302 g/mol. The Hall–Kier alpha value is -2.27. The van der Waals surface area contributed by atoms with Crippen molar-refractivity contribution in [3.05, 3.63) is 47.3 Å². The molecule has 1 saturated heterocycles. The topological polar surface area (TPSA) is 55.3 Å². The number of ether oxygens (including phenoxy) is 1. The van der Waals surface area contributed by atoms with Crippen LogP contribution in [0.15, 0.2) is 30.3 Å². The summed E-state index contributed by atoms with van der Waals surface area (Å²) >= 11 is 0. The molecule has 1 unspecified atom stereocenters. The monoisotopic (exact) mass is 327 g/mol. The molecule has 24 heavy (non-hydrogen) atoms. The Balaban J connectivity index is 1.78. The van der Waals surface area contributed by atoms with E-state index in [2.05, 4.69) is 15.2 Å². The second-order valence-electron chi connectivity index (χ2n) is 6.32. The number of hydrogen-bond donors (Lipinski definition) is 2. The Morgan fingerprint density at radius 1 is 1.33 bits per heavy atom. The maximum atomic E-state index is 12.5. The van der Waals surface area contributed by atoms with Gasteiger partial charge >= 0.3 is 0 Å². The van der Waals surface area contributed by atoms with Gasteiger partial charge in [0.15, 0.2) is 0 Å². The zero-order chi connectivity index (χ0) is 17.1. The third-order valence-electron chi connectivity index (χ3n) is 4.68. The quantitative estimate of drug-likeness (QED) is 0.887.